The molecule has 4 aromatic rings. The highest BCUT2D eigenvalue weighted by Gasteiger charge is 2.15. The second-order valence-electron chi connectivity index (χ2n) is 8.26. The minimum absolute atomic E-state index is 0.0802. The zero-order valence-electron chi connectivity index (χ0n) is 20.3. The number of halogens is 1. The lowest BCUT2D eigenvalue weighted by Gasteiger charge is -2.13. The van der Waals surface area contributed by atoms with E-state index in [0.29, 0.717) is 45.2 Å². The van der Waals surface area contributed by atoms with Gasteiger partial charge in [-0.3, -0.25) is 10.1 Å². The SMILES string of the molecule is CCC(C)c1ccc2oc(-c3ccc(Cl)c(NC(=S)NC(=O)c4cc(OC)cc(OC)c4)c3)nc2c1. The zero-order chi connectivity index (χ0) is 25.8. The van der Waals surface area contributed by atoms with Crippen molar-refractivity contribution >= 4 is 51.6 Å². The van der Waals surface area contributed by atoms with Crippen LogP contribution in [0, 0.1) is 0 Å². The van der Waals surface area contributed by atoms with Crippen LogP contribution in [0.15, 0.2) is 59.0 Å². The fourth-order valence-electron chi connectivity index (χ4n) is 3.63. The summed E-state index contributed by atoms with van der Waals surface area (Å²) in [5, 5.41) is 6.13. The van der Waals surface area contributed by atoms with Crippen molar-refractivity contribution in [3.63, 3.8) is 0 Å². The van der Waals surface area contributed by atoms with Crippen LogP contribution in [-0.2, 0) is 0 Å². The highest BCUT2D eigenvalue weighted by atomic mass is 35.5. The monoisotopic (exact) mass is 523 g/mol. The molecule has 0 aliphatic rings. The molecule has 1 atom stereocenters. The van der Waals surface area contributed by atoms with Crippen LogP contribution in [0.3, 0.4) is 0 Å². The summed E-state index contributed by atoms with van der Waals surface area (Å²) in [6, 6.07) is 16.2. The number of fused-ring (bicyclic) bond motifs is 1. The second-order valence-corrected chi connectivity index (χ2v) is 9.08. The van der Waals surface area contributed by atoms with Crippen LogP contribution in [0.1, 0.15) is 42.1 Å². The average molecular weight is 524 g/mol. The summed E-state index contributed by atoms with van der Waals surface area (Å²) >= 11 is 11.7. The van der Waals surface area contributed by atoms with Gasteiger partial charge in [0.25, 0.3) is 5.91 Å². The fraction of sp³-hybridized carbons (Fsp3) is 0.222. The van der Waals surface area contributed by atoms with E-state index in [4.69, 9.17) is 37.7 Å². The maximum Gasteiger partial charge on any atom is 0.257 e. The molecule has 2 N–H and O–H groups in total. The Hall–Kier alpha value is -3.62. The minimum Gasteiger partial charge on any atom is -0.497 e. The topological polar surface area (TPSA) is 85.6 Å². The van der Waals surface area contributed by atoms with E-state index >= 15 is 0 Å². The maximum absolute atomic E-state index is 12.7. The molecule has 7 nitrogen and oxygen atoms in total. The molecule has 186 valence electrons. The lowest BCUT2D eigenvalue weighted by molar-refractivity contribution is 0.0977. The number of aromatic nitrogens is 1. The van der Waals surface area contributed by atoms with Crippen molar-refractivity contribution < 1.29 is 18.7 Å². The van der Waals surface area contributed by atoms with Gasteiger partial charge in [0.2, 0.25) is 5.89 Å². The lowest BCUT2D eigenvalue weighted by Crippen LogP contribution is -2.34. The number of anilines is 1. The van der Waals surface area contributed by atoms with Crippen LogP contribution in [-0.4, -0.2) is 30.2 Å². The quantitative estimate of drug-likeness (QED) is 0.257. The summed E-state index contributed by atoms with van der Waals surface area (Å²) in [5.41, 5.74) is 4.28. The first kappa shape index (κ1) is 25.5. The van der Waals surface area contributed by atoms with E-state index in [1.165, 1.54) is 19.8 Å². The number of rotatable bonds is 7. The molecule has 3 aromatic carbocycles. The Kier molecular flexibility index (Phi) is 7.76. The molecule has 0 fully saturated rings. The molecule has 1 aromatic heterocycles. The second kappa shape index (κ2) is 11.0. The van der Waals surface area contributed by atoms with Crippen molar-refractivity contribution in [3.8, 4) is 23.0 Å². The summed E-state index contributed by atoms with van der Waals surface area (Å²) < 4.78 is 16.4. The number of amides is 1. The first-order valence-corrected chi connectivity index (χ1v) is 12.2. The number of carbonyl (C=O) groups excluding carboxylic acids is 1. The van der Waals surface area contributed by atoms with E-state index < -0.39 is 5.91 Å². The van der Waals surface area contributed by atoms with Gasteiger partial charge in [0.05, 0.1) is 24.9 Å². The molecule has 4 rings (SSSR count). The van der Waals surface area contributed by atoms with Crippen LogP contribution in [0.25, 0.3) is 22.6 Å². The molecule has 1 amide bonds. The summed E-state index contributed by atoms with van der Waals surface area (Å²) in [6.07, 6.45) is 1.05. The van der Waals surface area contributed by atoms with Crippen LogP contribution in [0.5, 0.6) is 11.5 Å². The van der Waals surface area contributed by atoms with Gasteiger partial charge in [-0.15, -0.1) is 0 Å². The third-order valence-corrected chi connectivity index (χ3v) is 6.43. The molecule has 0 saturated heterocycles. The molecule has 0 bridgehead atoms. The van der Waals surface area contributed by atoms with Crippen molar-refractivity contribution in [2.45, 2.75) is 26.2 Å². The Morgan fingerprint density at radius 2 is 1.81 bits per heavy atom. The number of oxazole rings is 1. The van der Waals surface area contributed by atoms with E-state index in [0.717, 1.165) is 17.5 Å². The van der Waals surface area contributed by atoms with Crippen molar-refractivity contribution in [2.24, 2.45) is 0 Å². The normalized spacial score (nSPS) is 11.7. The van der Waals surface area contributed by atoms with Gasteiger partial charge < -0.3 is 19.2 Å². The van der Waals surface area contributed by atoms with E-state index in [-0.39, 0.29) is 5.11 Å². The number of hydrogen-bond donors (Lipinski definition) is 2. The van der Waals surface area contributed by atoms with Gasteiger partial charge in [-0.05, 0) is 72.6 Å². The van der Waals surface area contributed by atoms with Crippen LogP contribution < -0.4 is 20.1 Å². The highest BCUT2D eigenvalue weighted by molar-refractivity contribution is 7.80. The number of ether oxygens (including phenoxy) is 2. The van der Waals surface area contributed by atoms with Gasteiger partial charge in [-0.1, -0.05) is 31.5 Å². The molecule has 0 aliphatic heterocycles. The van der Waals surface area contributed by atoms with Gasteiger partial charge in [0.1, 0.15) is 17.0 Å². The van der Waals surface area contributed by atoms with Crippen molar-refractivity contribution in [2.75, 3.05) is 19.5 Å². The molecule has 0 radical (unpaired) electrons. The average Bonchev–Trinajstić information content (AvgIpc) is 3.32. The van der Waals surface area contributed by atoms with E-state index in [2.05, 4.69) is 41.6 Å². The third-order valence-electron chi connectivity index (χ3n) is 5.90. The molecular formula is C27H26ClN3O4S. The standard InChI is InChI=1S/C27H26ClN3O4S/c1-5-15(2)16-7-9-24-23(12-16)29-26(35-24)17-6-8-21(28)22(13-17)30-27(36)31-25(32)18-10-19(33-3)14-20(11-18)34-4/h6-15H,5H2,1-4H3,(H2,30,31,32,36). The Labute approximate surface area is 219 Å². The molecule has 9 heteroatoms. The molecule has 1 unspecified atom stereocenters. The highest BCUT2D eigenvalue weighted by Crippen LogP contribution is 2.32. The number of thiocarbonyl (C=S) groups is 1. The molecule has 0 saturated carbocycles. The lowest BCUT2D eigenvalue weighted by atomic mass is 9.98. The molecule has 36 heavy (non-hydrogen) atoms. The fourth-order valence-corrected chi connectivity index (χ4v) is 4.00. The van der Waals surface area contributed by atoms with Crippen LogP contribution >= 0.6 is 23.8 Å². The largest absolute Gasteiger partial charge is 0.497 e. The Morgan fingerprint density at radius 3 is 2.47 bits per heavy atom. The van der Waals surface area contributed by atoms with Gasteiger partial charge in [-0.2, -0.15) is 0 Å². The predicted molar refractivity (Wildman–Crippen MR) is 146 cm³/mol. The van der Waals surface area contributed by atoms with Crippen molar-refractivity contribution in [1.29, 1.82) is 0 Å². The van der Waals surface area contributed by atoms with Gasteiger partial charge in [0.15, 0.2) is 10.7 Å². The summed E-state index contributed by atoms with van der Waals surface area (Å²) in [4.78, 5) is 17.4. The number of benzene rings is 3. The maximum atomic E-state index is 12.7. The minimum atomic E-state index is -0.423. The molecule has 0 spiro atoms. The molecule has 1 heterocycles. The van der Waals surface area contributed by atoms with Crippen molar-refractivity contribution in [1.82, 2.24) is 10.3 Å². The Balaban J connectivity index is 1.53. The zero-order valence-corrected chi connectivity index (χ0v) is 21.9. The number of carbonyl (C=O) groups is 1. The van der Waals surface area contributed by atoms with Gasteiger partial charge in [0, 0.05) is 17.2 Å². The van der Waals surface area contributed by atoms with Crippen LogP contribution in [0.4, 0.5) is 5.69 Å². The number of hydrogen-bond acceptors (Lipinski definition) is 6. The number of methoxy groups -OCH3 is 2. The summed E-state index contributed by atoms with van der Waals surface area (Å²) in [7, 11) is 3.03. The predicted octanol–water partition coefficient (Wildman–Crippen LogP) is 6.81. The number of nitrogens with one attached hydrogen (secondary N) is 2. The smallest absolute Gasteiger partial charge is 0.257 e. The molecule has 0 aliphatic carbocycles. The van der Waals surface area contributed by atoms with E-state index in [1.807, 2.05) is 12.1 Å². The first-order valence-electron chi connectivity index (χ1n) is 11.4. The number of nitrogens with zero attached hydrogens (tertiary/aromatic N) is 1. The van der Waals surface area contributed by atoms with E-state index in [1.54, 1.807) is 30.3 Å². The first-order chi connectivity index (χ1) is 17.3. The summed E-state index contributed by atoms with van der Waals surface area (Å²) in [5.74, 6) is 1.46. The van der Waals surface area contributed by atoms with Crippen LogP contribution in [0.2, 0.25) is 5.02 Å². The van der Waals surface area contributed by atoms with E-state index in [9.17, 15) is 4.79 Å². The Morgan fingerprint density at radius 1 is 1.08 bits per heavy atom. The third kappa shape index (κ3) is 5.61. The van der Waals surface area contributed by atoms with Gasteiger partial charge >= 0.3 is 0 Å². The van der Waals surface area contributed by atoms with Gasteiger partial charge in [-0.25, -0.2) is 4.98 Å². The molecular weight excluding hydrogens is 498 g/mol. The Bertz CT molecular complexity index is 1410. The summed E-state index contributed by atoms with van der Waals surface area (Å²) in [6.45, 7) is 4.34. The van der Waals surface area contributed by atoms with Crippen molar-refractivity contribution in [3.05, 3.63) is 70.7 Å².